The summed E-state index contributed by atoms with van der Waals surface area (Å²) < 4.78 is 0. The Morgan fingerprint density at radius 1 is 1.11 bits per heavy atom. The molecule has 0 bridgehead atoms. The number of para-hydroxylation sites is 2. The largest absolute Gasteiger partial charge is 0.506 e. The number of phenolic OH excluding ortho intramolecular Hbond substituents is 1. The molecule has 1 atom stereocenters. The van der Waals surface area contributed by atoms with E-state index in [1.807, 2.05) is 43.3 Å². The monoisotopic (exact) mass is 257 g/mol. The fourth-order valence-electron chi connectivity index (χ4n) is 1.90. The zero-order valence-electron chi connectivity index (χ0n) is 10.9. The molecule has 0 spiro atoms. The van der Waals surface area contributed by atoms with Crippen LogP contribution in [0.25, 0.3) is 0 Å². The molecule has 2 aromatic carbocycles. The summed E-state index contributed by atoms with van der Waals surface area (Å²) >= 11 is 0. The van der Waals surface area contributed by atoms with E-state index < -0.39 is 0 Å². The van der Waals surface area contributed by atoms with Gasteiger partial charge in [-0.2, -0.15) is 0 Å². The van der Waals surface area contributed by atoms with Crippen molar-refractivity contribution in [2.75, 3.05) is 10.6 Å². The topological polar surface area (TPSA) is 70.3 Å². The van der Waals surface area contributed by atoms with Crippen molar-refractivity contribution in [2.24, 2.45) is 5.73 Å². The first-order valence-electron chi connectivity index (χ1n) is 6.29. The SMILES string of the molecule is CC(Nc1cccc(CN)c1)Nc1ccccc1O. The van der Waals surface area contributed by atoms with Crippen molar-refractivity contribution in [3.63, 3.8) is 0 Å². The quantitative estimate of drug-likeness (QED) is 0.491. The van der Waals surface area contributed by atoms with Crippen molar-refractivity contribution in [3.8, 4) is 5.75 Å². The van der Waals surface area contributed by atoms with Crippen LogP contribution >= 0.6 is 0 Å². The molecule has 2 rings (SSSR count). The van der Waals surface area contributed by atoms with Crippen LogP contribution in [0.3, 0.4) is 0 Å². The van der Waals surface area contributed by atoms with Gasteiger partial charge < -0.3 is 21.5 Å². The van der Waals surface area contributed by atoms with E-state index in [9.17, 15) is 5.11 Å². The van der Waals surface area contributed by atoms with Gasteiger partial charge >= 0.3 is 0 Å². The fourth-order valence-corrected chi connectivity index (χ4v) is 1.90. The Bertz CT molecular complexity index is 542. The van der Waals surface area contributed by atoms with Gasteiger partial charge in [-0.25, -0.2) is 0 Å². The minimum Gasteiger partial charge on any atom is -0.506 e. The smallest absolute Gasteiger partial charge is 0.138 e. The minimum atomic E-state index is -0.0127. The van der Waals surface area contributed by atoms with Gasteiger partial charge in [0, 0.05) is 12.2 Å². The maximum Gasteiger partial charge on any atom is 0.138 e. The van der Waals surface area contributed by atoms with Crippen LogP contribution < -0.4 is 16.4 Å². The molecule has 0 aliphatic heterocycles. The molecular weight excluding hydrogens is 238 g/mol. The summed E-state index contributed by atoms with van der Waals surface area (Å²) in [5, 5.41) is 16.2. The van der Waals surface area contributed by atoms with Crippen LogP contribution in [-0.2, 0) is 6.54 Å². The highest BCUT2D eigenvalue weighted by molar-refractivity contribution is 5.57. The summed E-state index contributed by atoms with van der Waals surface area (Å²) in [5.41, 5.74) is 8.40. The van der Waals surface area contributed by atoms with E-state index in [4.69, 9.17) is 5.73 Å². The molecule has 0 saturated heterocycles. The number of hydrogen-bond acceptors (Lipinski definition) is 4. The zero-order chi connectivity index (χ0) is 13.7. The lowest BCUT2D eigenvalue weighted by Crippen LogP contribution is -2.24. The summed E-state index contributed by atoms with van der Waals surface area (Å²) in [4.78, 5) is 0. The van der Waals surface area contributed by atoms with E-state index in [2.05, 4.69) is 10.6 Å². The van der Waals surface area contributed by atoms with Gasteiger partial charge in [0.05, 0.1) is 11.9 Å². The molecule has 0 aliphatic rings. The summed E-state index contributed by atoms with van der Waals surface area (Å²) in [6.45, 7) is 2.51. The Balaban J connectivity index is 2.01. The number of phenols is 1. The van der Waals surface area contributed by atoms with E-state index in [1.54, 1.807) is 12.1 Å². The molecule has 2 aromatic rings. The van der Waals surface area contributed by atoms with Gasteiger partial charge in [-0.3, -0.25) is 0 Å². The average molecular weight is 257 g/mol. The number of anilines is 2. The third-order valence-corrected chi connectivity index (χ3v) is 2.82. The van der Waals surface area contributed by atoms with Crippen LogP contribution in [0.1, 0.15) is 12.5 Å². The molecule has 19 heavy (non-hydrogen) atoms. The van der Waals surface area contributed by atoms with Gasteiger partial charge in [-0.1, -0.05) is 24.3 Å². The summed E-state index contributed by atoms with van der Waals surface area (Å²) in [6.07, 6.45) is -0.0127. The lowest BCUT2D eigenvalue weighted by molar-refractivity contribution is 0.477. The Labute approximate surface area is 113 Å². The van der Waals surface area contributed by atoms with Gasteiger partial charge in [0.25, 0.3) is 0 Å². The molecular formula is C15H19N3O. The third kappa shape index (κ3) is 3.63. The van der Waals surface area contributed by atoms with Crippen LogP contribution in [0, 0.1) is 0 Å². The zero-order valence-corrected chi connectivity index (χ0v) is 10.9. The lowest BCUT2D eigenvalue weighted by Gasteiger charge is -2.19. The van der Waals surface area contributed by atoms with Crippen LogP contribution in [-0.4, -0.2) is 11.3 Å². The highest BCUT2D eigenvalue weighted by atomic mass is 16.3. The second-order valence-corrected chi connectivity index (χ2v) is 4.43. The lowest BCUT2D eigenvalue weighted by atomic mass is 10.2. The Hall–Kier alpha value is -2.20. The molecule has 0 fully saturated rings. The summed E-state index contributed by atoms with van der Waals surface area (Å²) in [6, 6.07) is 15.1. The maximum atomic E-state index is 9.70. The van der Waals surface area contributed by atoms with Crippen molar-refractivity contribution in [1.82, 2.24) is 0 Å². The molecule has 0 saturated carbocycles. The van der Waals surface area contributed by atoms with Crippen molar-refractivity contribution >= 4 is 11.4 Å². The first-order valence-corrected chi connectivity index (χ1v) is 6.29. The second kappa shape index (κ2) is 6.11. The number of hydrogen-bond donors (Lipinski definition) is 4. The molecule has 0 aromatic heterocycles. The number of nitrogens with one attached hydrogen (secondary N) is 2. The van der Waals surface area contributed by atoms with E-state index in [0.29, 0.717) is 12.2 Å². The highest BCUT2D eigenvalue weighted by Gasteiger charge is 2.05. The maximum absolute atomic E-state index is 9.70. The number of nitrogens with two attached hydrogens (primary N) is 1. The van der Waals surface area contributed by atoms with Crippen LogP contribution in [0.15, 0.2) is 48.5 Å². The van der Waals surface area contributed by atoms with Crippen molar-refractivity contribution in [1.29, 1.82) is 0 Å². The molecule has 0 heterocycles. The molecule has 5 N–H and O–H groups in total. The highest BCUT2D eigenvalue weighted by Crippen LogP contribution is 2.22. The van der Waals surface area contributed by atoms with Crippen molar-refractivity contribution in [2.45, 2.75) is 19.6 Å². The number of rotatable bonds is 5. The Morgan fingerprint density at radius 3 is 2.63 bits per heavy atom. The van der Waals surface area contributed by atoms with Gasteiger partial charge in [0.2, 0.25) is 0 Å². The summed E-state index contributed by atoms with van der Waals surface area (Å²) in [7, 11) is 0. The van der Waals surface area contributed by atoms with E-state index in [1.165, 1.54) is 0 Å². The Morgan fingerprint density at radius 2 is 1.89 bits per heavy atom. The number of aromatic hydroxyl groups is 1. The normalized spacial score (nSPS) is 11.9. The Kier molecular flexibility index (Phi) is 4.26. The standard InChI is InChI=1S/C15H19N3O/c1-11(18-14-7-2-3-8-15(14)19)17-13-6-4-5-12(9-13)10-16/h2-9,11,17-19H,10,16H2,1H3. The van der Waals surface area contributed by atoms with Crippen LogP contribution in [0.5, 0.6) is 5.75 Å². The van der Waals surface area contributed by atoms with E-state index >= 15 is 0 Å². The molecule has 100 valence electrons. The minimum absolute atomic E-state index is 0.0127. The van der Waals surface area contributed by atoms with Gasteiger partial charge in [-0.05, 0) is 36.8 Å². The van der Waals surface area contributed by atoms with Crippen molar-refractivity contribution < 1.29 is 5.11 Å². The van der Waals surface area contributed by atoms with E-state index in [0.717, 1.165) is 11.3 Å². The first-order chi connectivity index (χ1) is 9.19. The predicted molar refractivity (Wildman–Crippen MR) is 79.1 cm³/mol. The van der Waals surface area contributed by atoms with Gasteiger partial charge in [0.1, 0.15) is 5.75 Å². The molecule has 4 heteroatoms. The average Bonchev–Trinajstić information content (AvgIpc) is 2.41. The molecule has 0 radical (unpaired) electrons. The van der Waals surface area contributed by atoms with E-state index in [-0.39, 0.29) is 11.9 Å². The first kappa shape index (κ1) is 13.2. The van der Waals surface area contributed by atoms with Crippen LogP contribution in [0.4, 0.5) is 11.4 Å². The second-order valence-electron chi connectivity index (χ2n) is 4.43. The molecule has 1 unspecified atom stereocenters. The predicted octanol–water partition coefficient (Wildman–Crippen LogP) is 2.72. The van der Waals surface area contributed by atoms with Crippen molar-refractivity contribution in [3.05, 3.63) is 54.1 Å². The summed E-state index contributed by atoms with van der Waals surface area (Å²) in [5.74, 6) is 0.242. The van der Waals surface area contributed by atoms with Gasteiger partial charge in [0.15, 0.2) is 0 Å². The molecule has 0 amide bonds. The van der Waals surface area contributed by atoms with Crippen LogP contribution in [0.2, 0.25) is 0 Å². The molecule has 0 aliphatic carbocycles. The molecule has 4 nitrogen and oxygen atoms in total. The van der Waals surface area contributed by atoms with Gasteiger partial charge in [-0.15, -0.1) is 0 Å². The third-order valence-electron chi connectivity index (χ3n) is 2.82. The fraction of sp³-hybridized carbons (Fsp3) is 0.200. The number of benzene rings is 2.